The average molecular weight is 321 g/mol. The summed E-state index contributed by atoms with van der Waals surface area (Å²) in [6.07, 6.45) is 1.29. The highest BCUT2D eigenvalue weighted by molar-refractivity contribution is 8.17. The van der Waals surface area contributed by atoms with Crippen molar-refractivity contribution in [2.24, 2.45) is 0 Å². The van der Waals surface area contributed by atoms with Crippen molar-refractivity contribution >= 4 is 73.2 Å². The van der Waals surface area contributed by atoms with Crippen molar-refractivity contribution in [1.82, 2.24) is 0 Å². The maximum absolute atomic E-state index is 4.25. The smallest absolute Gasteiger partial charge is 0.0510 e. The normalized spacial score (nSPS) is 11.2. The van der Waals surface area contributed by atoms with Crippen LogP contribution in [-0.2, 0) is 0 Å². The van der Waals surface area contributed by atoms with Gasteiger partial charge in [-0.1, -0.05) is 0 Å². The summed E-state index contributed by atoms with van der Waals surface area (Å²) in [7, 11) is 0. The molecule has 92 valence electrons. The second-order valence-electron chi connectivity index (χ2n) is 2.74. The summed E-state index contributed by atoms with van der Waals surface area (Å²) in [6.45, 7) is 0. The zero-order valence-corrected chi connectivity index (χ0v) is 13.9. The fourth-order valence-electron chi connectivity index (χ4n) is 0.929. The molecule has 0 saturated heterocycles. The topological polar surface area (TPSA) is 0 Å². The Balaban J connectivity index is 3.49. The highest BCUT2D eigenvalue weighted by Crippen LogP contribution is 2.28. The van der Waals surface area contributed by atoms with Crippen molar-refractivity contribution in [3.05, 3.63) is 0 Å². The van der Waals surface area contributed by atoms with E-state index in [0.29, 0.717) is 0 Å². The Morgan fingerprint density at radius 2 is 1.27 bits per heavy atom. The molecule has 0 aliphatic rings. The van der Waals surface area contributed by atoms with E-state index in [0.717, 1.165) is 33.3 Å². The van der Waals surface area contributed by atoms with Crippen LogP contribution in [0.1, 0.15) is 6.42 Å². The first-order chi connectivity index (χ1) is 7.35. The van der Waals surface area contributed by atoms with Crippen LogP contribution in [0.3, 0.4) is 0 Å². The zero-order valence-electron chi connectivity index (χ0n) is 8.80. The quantitative estimate of drug-likeness (QED) is 0.302. The Hall–Kier alpha value is 2.10. The van der Waals surface area contributed by atoms with Gasteiger partial charge >= 0.3 is 0 Å². The number of hydrogen-bond donors (Lipinski definition) is 3. The molecule has 0 unspecified atom stereocenters. The summed E-state index contributed by atoms with van der Waals surface area (Å²) in [6, 6.07) is 0. The molecule has 0 aliphatic heterocycles. The Morgan fingerprint density at radius 1 is 0.733 bits per heavy atom. The lowest BCUT2D eigenvalue weighted by molar-refractivity contribution is 1.07. The maximum atomic E-state index is 4.25. The molecule has 0 aromatic rings. The minimum atomic E-state index is 0.733. The first-order valence-corrected chi connectivity index (χ1v) is 10.1. The van der Waals surface area contributed by atoms with E-state index in [1.807, 2.05) is 35.3 Å². The number of thiol groups is 3. The van der Waals surface area contributed by atoms with Crippen LogP contribution >= 0.6 is 73.2 Å². The third-order valence-electron chi connectivity index (χ3n) is 1.52. The minimum Gasteiger partial charge on any atom is -0.179 e. The average Bonchev–Trinajstić information content (AvgIpc) is 2.27. The first-order valence-electron chi connectivity index (χ1n) is 4.98. The van der Waals surface area contributed by atoms with Gasteiger partial charge in [-0.05, 0) is 29.4 Å². The molecule has 0 radical (unpaired) electrons. The van der Waals surface area contributed by atoms with Crippen molar-refractivity contribution in [2.75, 3.05) is 40.3 Å². The zero-order chi connectivity index (χ0) is 11.4. The summed E-state index contributed by atoms with van der Waals surface area (Å²) in [5.41, 5.74) is 0. The Kier molecular flexibility index (Phi) is 16.1. The van der Waals surface area contributed by atoms with Gasteiger partial charge in [0.05, 0.1) is 4.58 Å². The molecule has 0 aromatic carbocycles. The number of thioether (sulfide) groups is 3. The standard InChI is InChI=1S/C9H20S6/c10-2-6-13-5-1-9(14-7-3-11)15-8-4-12/h9-12H,1-8H2. The van der Waals surface area contributed by atoms with Gasteiger partial charge in [-0.15, -0.1) is 23.5 Å². The van der Waals surface area contributed by atoms with Gasteiger partial charge in [0.1, 0.15) is 0 Å². The number of hydrogen-bond acceptors (Lipinski definition) is 6. The lowest BCUT2D eigenvalue weighted by atomic mass is 10.6. The van der Waals surface area contributed by atoms with Crippen LogP contribution in [0.2, 0.25) is 0 Å². The molecule has 0 aromatic heterocycles. The molecule has 0 aliphatic carbocycles. The van der Waals surface area contributed by atoms with Gasteiger partial charge in [0.2, 0.25) is 0 Å². The Labute approximate surface area is 123 Å². The molecule has 0 spiro atoms. The van der Waals surface area contributed by atoms with Gasteiger partial charge in [-0.3, -0.25) is 0 Å². The van der Waals surface area contributed by atoms with Crippen LogP contribution in [0.25, 0.3) is 0 Å². The molecular formula is C9H20S6. The highest BCUT2D eigenvalue weighted by Gasteiger charge is 2.08. The van der Waals surface area contributed by atoms with E-state index in [9.17, 15) is 0 Å². The SMILES string of the molecule is SCCSCCC(SCCS)SCCS. The van der Waals surface area contributed by atoms with Crippen LogP contribution in [0.5, 0.6) is 0 Å². The van der Waals surface area contributed by atoms with E-state index in [2.05, 4.69) is 37.9 Å². The third kappa shape index (κ3) is 12.3. The first kappa shape index (κ1) is 17.1. The predicted octanol–water partition coefficient (Wildman–Crippen LogP) is 3.69. The van der Waals surface area contributed by atoms with E-state index in [-0.39, 0.29) is 0 Å². The van der Waals surface area contributed by atoms with E-state index in [1.165, 1.54) is 17.9 Å². The van der Waals surface area contributed by atoms with Gasteiger partial charge in [-0.25, -0.2) is 0 Å². The highest BCUT2D eigenvalue weighted by atomic mass is 32.2. The lowest BCUT2D eigenvalue weighted by Gasteiger charge is -2.14. The fraction of sp³-hybridized carbons (Fsp3) is 1.00. The van der Waals surface area contributed by atoms with Crippen LogP contribution in [0, 0.1) is 0 Å². The second kappa shape index (κ2) is 14.2. The van der Waals surface area contributed by atoms with Crippen molar-refractivity contribution in [3.63, 3.8) is 0 Å². The third-order valence-corrected chi connectivity index (χ3v) is 7.03. The second-order valence-corrected chi connectivity index (χ2v) is 8.23. The van der Waals surface area contributed by atoms with Crippen LogP contribution < -0.4 is 0 Å². The lowest BCUT2D eigenvalue weighted by Crippen LogP contribution is -2.03. The summed E-state index contributed by atoms with van der Waals surface area (Å²) in [5, 5.41) is 0. The van der Waals surface area contributed by atoms with E-state index < -0.39 is 0 Å². The molecule has 0 nitrogen and oxygen atoms in total. The maximum Gasteiger partial charge on any atom is 0.0510 e. The molecule has 15 heavy (non-hydrogen) atoms. The van der Waals surface area contributed by atoms with Gasteiger partial charge in [0.25, 0.3) is 0 Å². The van der Waals surface area contributed by atoms with Gasteiger partial charge in [-0.2, -0.15) is 49.6 Å². The molecule has 0 amide bonds. The molecule has 6 heteroatoms. The summed E-state index contributed by atoms with van der Waals surface area (Å²) < 4.78 is 0.733. The Bertz CT molecular complexity index is 113. The van der Waals surface area contributed by atoms with E-state index in [4.69, 9.17) is 0 Å². The fourth-order valence-corrected chi connectivity index (χ4v) is 5.25. The van der Waals surface area contributed by atoms with Gasteiger partial charge in [0.15, 0.2) is 0 Å². The summed E-state index contributed by atoms with van der Waals surface area (Å²) >= 11 is 18.8. The van der Waals surface area contributed by atoms with Crippen molar-refractivity contribution in [3.8, 4) is 0 Å². The molecule has 0 atom stereocenters. The van der Waals surface area contributed by atoms with E-state index in [1.54, 1.807) is 0 Å². The molecule has 0 heterocycles. The molecule has 0 N–H and O–H groups in total. The summed E-state index contributed by atoms with van der Waals surface area (Å²) in [4.78, 5) is 0. The molecule has 0 fully saturated rings. The molecular weight excluding hydrogens is 301 g/mol. The minimum absolute atomic E-state index is 0.733. The number of rotatable bonds is 11. The van der Waals surface area contributed by atoms with Crippen molar-refractivity contribution in [2.45, 2.75) is 11.0 Å². The summed E-state index contributed by atoms with van der Waals surface area (Å²) in [5.74, 6) is 7.69. The molecule has 0 bridgehead atoms. The van der Waals surface area contributed by atoms with Crippen molar-refractivity contribution < 1.29 is 0 Å². The van der Waals surface area contributed by atoms with E-state index >= 15 is 0 Å². The molecule has 0 saturated carbocycles. The van der Waals surface area contributed by atoms with Crippen LogP contribution in [0.4, 0.5) is 0 Å². The van der Waals surface area contributed by atoms with Gasteiger partial charge < -0.3 is 0 Å². The van der Waals surface area contributed by atoms with Gasteiger partial charge in [0, 0.05) is 17.3 Å². The van der Waals surface area contributed by atoms with Crippen molar-refractivity contribution in [1.29, 1.82) is 0 Å². The Morgan fingerprint density at radius 3 is 1.73 bits per heavy atom. The van der Waals surface area contributed by atoms with Crippen LogP contribution in [-0.4, -0.2) is 44.9 Å². The largest absolute Gasteiger partial charge is 0.179 e. The monoisotopic (exact) mass is 320 g/mol. The predicted molar refractivity (Wildman–Crippen MR) is 92.2 cm³/mol. The van der Waals surface area contributed by atoms with Crippen LogP contribution in [0.15, 0.2) is 0 Å². The molecule has 0 rings (SSSR count).